The van der Waals surface area contributed by atoms with Gasteiger partial charge in [0.05, 0.1) is 6.20 Å². The first kappa shape index (κ1) is 10.6. The minimum Gasteiger partial charge on any atom is -0.316 e. The normalized spacial score (nSPS) is 22.9. The van der Waals surface area contributed by atoms with Gasteiger partial charge in [0, 0.05) is 11.6 Å². The molecule has 2 heterocycles. The average molecular weight is 208 g/mol. The van der Waals surface area contributed by atoms with Crippen molar-refractivity contribution < 1.29 is 4.39 Å². The van der Waals surface area contributed by atoms with Crippen molar-refractivity contribution in [3.8, 4) is 0 Å². The summed E-state index contributed by atoms with van der Waals surface area (Å²) in [4.78, 5) is 4.19. The quantitative estimate of drug-likeness (QED) is 0.824. The zero-order valence-electron chi connectivity index (χ0n) is 9.04. The van der Waals surface area contributed by atoms with Gasteiger partial charge in [-0.3, -0.25) is 4.98 Å². The zero-order valence-corrected chi connectivity index (χ0v) is 9.04. The second-order valence-corrected chi connectivity index (χ2v) is 4.17. The van der Waals surface area contributed by atoms with E-state index in [9.17, 15) is 4.39 Å². The van der Waals surface area contributed by atoms with Crippen molar-refractivity contribution in [2.45, 2.75) is 25.7 Å². The lowest BCUT2D eigenvalue weighted by molar-refractivity contribution is 0.437. The van der Waals surface area contributed by atoms with Crippen LogP contribution in [0.15, 0.2) is 18.3 Å². The molecule has 82 valence electrons. The summed E-state index contributed by atoms with van der Waals surface area (Å²) in [5.74, 6) is 0.881. The van der Waals surface area contributed by atoms with Crippen LogP contribution in [0.2, 0.25) is 0 Å². The molecule has 2 unspecified atom stereocenters. The van der Waals surface area contributed by atoms with Gasteiger partial charge < -0.3 is 5.32 Å². The van der Waals surface area contributed by atoms with Gasteiger partial charge in [-0.2, -0.15) is 0 Å². The molecule has 0 spiro atoms. The molecule has 1 saturated heterocycles. The molecule has 0 radical (unpaired) electrons. The fraction of sp³-hybridized carbons (Fsp3) is 0.583. The van der Waals surface area contributed by atoms with Crippen molar-refractivity contribution in [1.29, 1.82) is 0 Å². The number of rotatable bonds is 3. The summed E-state index contributed by atoms with van der Waals surface area (Å²) in [7, 11) is 0. The number of nitrogens with zero attached hydrogens (tertiary/aromatic N) is 1. The molecule has 1 fully saturated rings. The lowest BCUT2D eigenvalue weighted by Crippen LogP contribution is -2.17. The van der Waals surface area contributed by atoms with Crippen LogP contribution in [-0.4, -0.2) is 18.1 Å². The van der Waals surface area contributed by atoms with Crippen LogP contribution >= 0.6 is 0 Å². The van der Waals surface area contributed by atoms with Gasteiger partial charge in [0.15, 0.2) is 0 Å². The van der Waals surface area contributed by atoms with E-state index in [0.717, 1.165) is 25.2 Å². The van der Waals surface area contributed by atoms with E-state index in [2.05, 4.69) is 17.2 Å². The predicted octanol–water partition coefficient (Wildman–Crippen LogP) is 2.32. The Labute approximate surface area is 89.9 Å². The Balaban J connectivity index is 2.14. The minimum absolute atomic E-state index is 0.252. The molecule has 0 aromatic carbocycles. The lowest BCUT2D eigenvalue weighted by atomic mass is 9.86. The van der Waals surface area contributed by atoms with E-state index in [1.807, 2.05) is 6.07 Å². The van der Waals surface area contributed by atoms with E-state index in [0.29, 0.717) is 11.8 Å². The van der Waals surface area contributed by atoms with Crippen molar-refractivity contribution in [1.82, 2.24) is 10.3 Å². The highest BCUT2D eigenvalue weighted by Gasteiger charge is 2.25. The number of aromatic nitrogens is 1. The van der Waals surface area contributed by atoms with Gasteiger partial charge in [-0.15, -0.1) is 0 Å². The smallest absolute Gasteiger partial charge is 0.141 e. The van der Waals surface area contributed by atoms with Crippen molar-refractivity contribution in [2.24, 2.45) is 5.92 Å². The molecule has 0 aliphatic carbocycles. The molecule has 1 aliphatic heterocycles. The highest BCUT2D eigenvalue weighted by molar-refractivity contribution is 5.12. The van der Waals surface area contributed by atoms with Crippen molar-refractivity contribution in [3.63, 3.8) is 0 Å². The number of halogens is 1. The first-order chi connectivity index (χ1) is 7.31. The van der Waals surface area contributed by atoms with E-state index >= 15 is 0 Å². The van der Waals surface area contributed by atoms with E-state index in [4.69, 9.17) is 0 Å². The Morgan fingerprint density at radius 1 is 1.60 bits per heavy atom. The Morgan fingerprint density at radius 2 is 2.47 bits per heavy atom. The summed E-state index contributed by atoms with van der Waals surface area (Å²) in [5, 5.41) is 3.37. The third-order valence-corrected chi connectivity index (χ3v) is 3.24. The first-order valence-corrected chi connectivity index (χ1v) is 5.63. The summed E-state index contributed by atoms with van der Waals surface area (Å²) in [5.41, 5.74) is 1.03. The van der Waals surface area contributed by atoms with Crippen LogP contribution in [-0.2, 0) is 0 Å². The lowest BCUT2D eigenvalue weighted by Gasteiger charge is -2.20. The monoisotopic (exact) mass is 208 g/mol. The van der Waals surface area contributed by atoms with Crippen LogP contribution in [0.5, 0.6) is 0 Å². The summed E-state index contributed by atoms with van der Waals surface area (Å²) < 4.78 is 12.8. The second-order valence-electron chi connectivity index (χ2n) is 4.17. The maximum absolute atomic E-state index is 12.8. The average Bonchev–Trinajstić information content (AvgIpc) is 2.75. The molecule has 1 aromatic rings. The summed E-state index contributed by atoms with van der Waals surface area (Å²) in [6.07, 6.45) is 3.60. The van der Waals surface area contributed by atoms with Crippen LogP contribution in [0.1, 0.15) is 31.4 Å². The fourth-order valence-electron chi connectivity index (χ4n) is 2.41. The Hall–Kier alpha value is -0.960. The van der Waals surface area contributed by atoms with E-state index in [1.54, 1.807) is 0 Å². The maximum atomic E-state index is 12.8. The molecule has 2 rings (SSSR count). The van der Waals surface area contributed by atoms with Gasteiger partial charge in [0.25, 0.3) is 0 Å². The van der Waals surface area contributed by atoms with Crippen LogP contribution in [0.4, 0.5) is 4.39 Å². The number of nitrogens with one attached hydrogen (secondary N) is 1. The largest absolute Gasteiger partial charge is 0.316 e. The van der Waals surface area contributed by atoms with E-state index < -0.39 is 0 Å². The molecular formula is C12H17FN2. The number of pyridine rings is 1. The molecule has 15 heavy (non-hydrogen) atoms. The topological polar surface area (TPSA) is 24.9 Å². The van der Waals surface area contributed by atoms with Gasteiger partial charge in [0.1, 0.15) is 5.82 Å². The Bertz CT molecular complexity index is 304. The SMILES string of the molecule is CCC(c1ccc(F)cn1)C1CCNC1. The molecule has 0 saturated carbocycles. The van der Waals surface area contributed by atoms with Crippen molar-refractivity contribution in [3.05, 3.63) is 29.8 Å². The second kappa shape index (κ2) is 4.71. The number of hydrogen-bond donors (Lipinski definition) is 1. The first-order valence-electron chi connectivity index (χ1n) is 5.63. The zero-order chi connectivity index (χ0) is 10.7. The van der Waals surface area contributed by atoms with Crippen molar-refractivity contribution >= 4 is 0 Å². The molecule has 0 bridgehead atoms. The maximum Gasteiger partial charge on any atom is 0.141 e. The molecule has 0 amide bonds. The van der Waals surface area contributed by atoms with Gasteiger partial charge in [-0.25, -0.2) is 4.39 Å². The van der Waals surface area contributed by atoms with Crippen LogP contribution in [0.25, 0.3) is 0 Å². The summed E-state index contributed by atoms with van der Waals surface area (Å²) in [6, 6.07) is 3.33. The van der Waals surface area contributed by atoms with Gasteiger partial charge in [-0.05, 0) is 44.0 Å². The van der Waals surface area contributed by atoms with E-state index in [-0.39, 0.29) is 5.82 Å². The minimum atomic E-state index is -0.252. The summed E-state index contributed by atoms with van der Waals surface area (Å²) in [6.45, 7) is 4.34. The molecule has 1 aromatic heterocycles. The molecule has 1 N–H and O–H groups in total. The highest BCUT2D eigenvalue weighted by atomic mass is 19.1. The molecule has 3 heteroatoms. The Kier molecular flexibility index (Phi) is 3.31. The molecule has 2 nitrogen and oxygen atoms in total. The molecule has 2 atom stereocenters. The fourth-order valence-corrected chi connectivity index (χ4v) is 2.41. The number of hydrogen-bond acceptors (Lipinski definition) is 2. The van der Waals surface area contributed by atoms with Gasteiger partial charge >= 0.3 is 0 Å². The predicted molar refractivity (Wildman–Crippen MR) is 58.2 cm³/mol. The highest BCUT2D eigenvalue weighted by Crippen LogP contribution is 2.30. The van der Waals surface area contributed by atoms with Gasteiger partial charge in [-0.1, -0.05) is 6.92 Å². The van der Waals surface area contributed by atoms with Crippen LogP contribution < -0.4 is 5.32 Å². The Morgan fingerprint density at radius 3 is 3.00 bits per heavy atom. The third kappa shape index (κ3) is 2.34. The van der Waals surface area contributed by atoms with Gasteiger partial charge in [0.2, 0.25) is 0 Å². The van der Waals surface area contributed by atoms with Crippen molar-refractivity contribution in [2.75, 3.05) is 13.1 Å². The summed E-state index contributed by atoms with van der Waals surface area (Å²) >= 11 is 0. The third-order valence-electron chi connectivity index (χ3n) is 3.24. The molecular weight excluding hydrogens is 191 g/mol. The van der Waals surface area contributed by atoms with E-state index in [1.165, 1.54) is 18.7 Å². The standard InChI is InChI=1S/C12H17FN2/c1-2-11(9-5-6-14-7-9)12-4-3-10(13)8-15-12/h3-4,8-9,11,14H,2,5-7H2,1H3. The van der Waals surface area contributed by atoms with Crippen LogP contribution in [0, 0.1) is 11.7 Å². The molecule has 1 aliphatic rings. The van der Waals surface area contributed by atoms with Crippen LogP contribution in [0.3, 0.4) is 0 Å².